The molecule has 0 aromatic heterocycles. The van der Waals surface area contributed by atoms with Crippen LogP contribution in [-0.4, -0.2) is 30.4 Å². The average molecular weight is 230 g/mol. The van der Waals surface area contributed by atoms with E-state index in [4.69, 9.17) is 6.42 Å². The summed E-state index contributed by atoms with van der Waals surface area (Å²) < 4.78 is 0. The highest BCUT2D eigenvalue weighted by Gasteiger charge is 2.15. The number of amides is 1. The molecule has 0 radical (unpaired) electrons. The summed E-state index contributed by atoms with van der Waals surface area (Å²) in [5, 5.41) is 3.18. The molecule has 3 heteroatoms. The van der Waals surface area contributed by atoms with Gasteiger partial charge in [-0.05, 0) is 26.0 Å². The molecule has 1 aromatic rings. The molecule has 1 aromatic carbocycles. The summed E-state index contributed by atoms with van der Waals surface area (Å²) in [5.41, 5.74) is 1.53. The number of nitrogens with zero attached hydrogens (tertiary/aromatic N) is 1. The molecule has 0 saturated carbocycles. The van der Waals surface area contributed by atoms with Gasteiger partial charge in [0.25, 0.3) is 5.91 Å². The summed E-state index contributed by atoms with van der Waals surface area (Å²) in [5.74, 6) is 2.48. The van der Waals surface area contributed by atoms with Gasteiger partial charge in [0.2, 0.25) is 0 Å². The quantitative estimate of drug-likeness (QED) is 0.787. The van der Waals surface area contributed by atoms with Crippen LogP contribution in [0.4, 0.5) is 5.69 Å². The zero-order valence-electron chi connectivity index (χ0n) is 10.4. The number of carbonyl (C=O) groups is 1. The second kappa shape index (κ2) is 6.59. The monoisotopic (exact) mass is 230 g/mol. The molecule has 0 atom stereocenters. The number of terminal acetylenes is 1. The lowest BCUT2D eigenvalue weighted by molar-refractivity contribution is 0.0786. The minimum Gasteiger partial charge on any atom is -0.385 e. The summed E-state index contributed by atoms with van der Waals surface area (Å²) in [6.07, 6.45) is 5.26. The predicted molar refractivity (Wildman–Crippen MR) is 71.0 cm³/mol. The minimum absolute atomic E-state index is 0.0259. The van der Waals surface area contributed by atoms with Crippen LogP contribution in [0, 0.1) is 12.3 Å². The van der Waals surface area contributed by atoms with Gasteiger partial charge in [0, 0.05) is 18.8 Å². The Morgan fingerprint density at radius 2 is 2.12 bits per heavy atom. The van der Waals surface area contributed by atoms with Crippen LogP contribution in [0.15, 0.2) is 24.3 Å². The maximum Gasteiger partial charge on any atom is 0.256 e. The molecule has 0 bridgehead atoms. The molecule has 0 unspecified atom stereocenters. The fourth-order valence-corrected chi connectivity index (χ4v) is 1.62. The Labute approximate surface area is 103 Å². The van der Waals surface area contributed by atoms with Gasteiger partial charge >= 0.3 is 0 Å². The van der Waals surface area contributed by atoms with E-state index in [0.29, 0.717) is 18.7 Å². The summed E-state index contributed by atoms with van der Waals surface area (Å²) in [6, 6.07) is 7.49. The van der Waals surface area contributed by atoms with Crippen molar-refractivity contribution in [3.8, 4) is 12.3 Å². The van der Waals surface area contributed by atoms with Crippen molar-refractivity contribution in [2.24, 2.45) is 0 Å². The van der Waals surface area contributed by atoms with Crippen molar-refractivity contribution in [2.75, 3.05) is 25.0 Å². The highest BCUT2D eigenvalue weighted by molar-refractivity contribution is 5.99. The van der Waals surface area contributed by atoms with Crippen molar-refractivity contribution >= 4 is 11.6 Å². The summed E-state index contributed by atoms with van der Waals surface area (Å²) in [4.78, 5) is 13.9. The van der Waals surface area contributed by atoms with Gasteiger partial charge in [0.05, 0.1) is 12.1 Å². The van der Waals surface area contributed by atoms with Crippen LogP contribution in [-0.2, 0) is 0 Å². The second-order valence-corrected chi connectivity index (χ2v) is 3.60. The first-order valence-corrected chi connectivity index (χ1v) is 5.80. The Morgan fingerprint density at radius 3 is 2.71 bits per heavy atom. The van der Waals surface area contributed by atoms with Crippen molar-refractivity contribution in [1.82, 2.24) is 4.90 Å². The first-order chi connectivity index (χ1) is 8.24. The molecule has 1 N–H and O–H groups in total. The van der Waals surface area contributed by atoms with Crippen LogP contribution in [0.25, 0.3) is 0 Å². The van der Waals surface area contributed by atoms with E-state index >= 15 is 0 Å². The van der Waals surface area contributed by atoms with Crippen molar-refractivity contribution in [1.29, 1.82) is 0 Å². The zero-order valence-corrected chi connectivity index (χ0v) is 10.4. The maximum absolute atomic E-state index is 12.3. The highest BCUT2D eigenvalue weighted by Crippen LogP contribution is 2.16. The number of carbonyl (C=O) groups excluding carboxylic acids is 1. The molecule has 0 aliphatic heterocycles. The number of anilines is 1. The molecule has 0 aliphatic rings. The van der Waals surface area contributed by atoms with Crippen LogP contribution in [0.5, 0.6) is 0 Å². The molecular weight excluding hydrogens is 212 g/mol. The van der Waals surface area contributed by atoms with E-state index in [1.165, 1.54) is 0 Å². The fraction of sp³-hybridized carbons (Fsp3) is 0.357. The number of benzene rings is 1. The number of nitrogens with one attached hydrogen (secondary N) is 1. The van der Waals surface area contributed by atoms with Crippen molar-refractivity contribution in [2.45, 2.75) is 13.8 Å². The van der Waals surface area contributed by atoms with Crippen LogP contribution in [0.1, 0.15) is 24.2 Å². The van der Waals surface area contributed by atoms with E-state index < -0.39 is 0 Å². The van der Waals surface area contributed by atoms with Crippen LogP contribution < -0.4 is 5.32 Å². The predicted octanol–water partition coefficient (Wildman–Crippen LogP) is 2.21. The smallest absolute Gasteiger partial charge is 0.256 e. The Balaban J connectivity index is 2.98. The van der Waals surface area contributed by atoms with Gasteiger partial charge in [-0.2, -0.15) is 0 Å². The Morgan fingerprint density at radius 1 is 1.41 bits per heavy atom. The standard InChI is InChI=1S/C14H18N2O/c1-4-11-16(6-3)14(17)12-9-7-8-10-13(12)15-5-2/h1,7-10,15H,5-6,11H2,2-3H3. The Hall–Kier alpha value is -1.95. The van der Waals surface area contributed by atoms with E-state index in [1.54, 1.807) is 4.90 Å². The van der Waals surface area contributed by atoms with Crippen LogP contribution in [0.2, 0.25) is 0 Å². The molecule has 17 heavy (non-hydrogen) atoms. The summed E-state index contributed by atoms with van der Waals surface area (Å²) >= 11 is 0. The molecule has 90 valence electrons. The maximum atomic E-state index is 12.3. The lowest BCUT2D eigenvalue weighted by Crippen LogP contribution is -2.31. The highest BCUT2D eigenvalue weighted by atomic mass is 16.2. The van der Waals surface area contributed by atoms with Gasteiger partial charge in [-0.15, -0.1) is 6.42 Å². The van der Waals surface area contributed by atoms with Crippen molar-refractivity contribution in [3.63, 3.8) is 0 Å². The average Bonchev–Trinajstić information content (AvgIpc) is 2.36. The van der Waals surface area contributed by atoms with E-state index in [1.807, 2.05) is 38.1 Å². The molecule has 0 saturated heterocycles. The van der Waals surface area contributed by atoms with Gasteiger partial charge in [-0.3, -0.25) is 4.79 Å². The lowest BCUT2D eigenvalue weighted by atomic mass is 10.1. The minimum atomic E-state index is -0.0259. The molecule has 1 amide bonds. The Kier molecular flexibility index (Phi) is 5.09. The van der Waals surface area contributed by atoms with Gasteiger partial charge in [-0.25, -0.2) is 0 Å². The molecule has 1 rings (SSSR count). The third-order valence-corrected chi connectivity index (χ3v) is 2.48. The topological polar surface area (TPSA) is 32.3 Å². The largest absolute Gasteiger partial charge is 0.385 e. The molecular formula is C14H18N2O. The molecule has 0 heterocycles. The Bertz CT molecular complexity index is 420. The molecule has 0 spiro atoms. The van der Waals surface area contributed by atoms with Gasteiger partial charge in [0.1, 0.15) is 0 Å². The number of para-hydroxylation sites is 1. The molecule has 0 fully saturated rings. The zero-order chi connectivity index (χ0) is 12.7. The number of rotatable bonds is 5. The summed E-state index contributed by atoms with van der Waals surface area (Å²) in [6.45, 7) is 5.66. The number of hydrogen-bond acceptors (Lipinski definition) is 2. The van der Waals surface area contributed by atoms with E-state index in [2.05, 4.69) is 11.2 Å². The van der Waals surface area contributed by atoms with Crippen molar-refractivity contribution in [3.05, 3.63) is 29.8 Å². The summed E-state index contributed by atoms with van der Waals surface area (Å²) in [7, 11) is 0. The fourth-order valence-electron chi connectivity index (χ4n) is 1.62. The van der Waals surface area contributed by atoms with Crippen LogP contribution >= 0.6 is 0 Å². The van der Waals surface area contributed by atoms with E-state index in [-0.39, 0.29) is 5.91 Å². The number of hydrogen-bond donors (Lipinski definition) is 1. The van der Waals surface area contributed by atoms with Crippen LogP contribution in [0.3, 0.4) is 0 Å². The van der Waals surface area contributed by atoms with Gasteiger partial charge in [0.15, 0.2) is 0 Å². The SMILES string of the molecule is C#CCN(CC)C(=O)c1ccccc1NCC. The van der Waals surface area contributed by atoms with E-state index in [0.717, 1.165) is 12.2 Å². The second-order valence-electron chi connectivity index (χ2n) is 3.60. The third kappa shape index (κ3) is 3.25. The first kappa shape index (κ1) is 13.1. The van der Waals surface area contributed by atoms with Gasteiger partial charge in [-0.1, -0.05) is 18.1 Å². The van der Waals surface area contributed by atoms with Gasteiger partial charge < -0.3 is 10.2 Å². The van der Waals surface area contributed by atoms with Crippen molar-refractivity contribution < 1.29 is 4.79 Å². The third-order valence-electron chi connectivity index (χ3n) is 2.48. The normalized spacial score (nSPS) is 9.47. The molecule has 0 aliphatic carbocycles. The first-order valence-electron chi connectivity index (χ1n) is 5.80. The van der Waals surface area contributed by atoms with E-state index in [9.17, 15) is 4.79 Å². The lowest BCUT2D eigenvalue weighted by Gasteiger charge is -2.20. The molecule has 3 nitrogen and oxygen atoms in total.